The second kappa shape index (κ2) is 9.28. The van der Waals surface area contributed by atoms with E-state index in [1.54, 1.807) is 11.3 Å². The van der Waals surface area contributed by atoms with Gasteiger partial charge in [0.15, 0.2) is 0 Å². The van der Waals surface area contributed by atoms with Crippen molar-refractivity contribution in [1.29, 1.82) is 0 Å². The summed E-state index contributed by atoms with van der Waals surface area (Å²) in [6.07, 6.45) is 0. The summed E-state index contributed by atoms with van der Waals surface area (Å²) in [6, 6.07) is 13.9. The zero-order chi connectivity index (χ0) is 18.4. The molecule has 3 unspecified atom stereocenters. The molecule has 140 valence electrons. The van der Waals surface area contributed by atoms with E-state index in [1.807, 2.05) is 37.3 Å². The number of benzene rings is 1. The summed E-state index contributed by atoms with van der Waals surface area (Å²) in [5.41, 5.74) is 7.28. The van der Waals surface area contributed by atoms with Crippen LogP contribution in [0.4, 0.5) is 0 Å². The zero-order valence-electron chi connectivity index (χ0n) is 15.1. The van der Waals surface area contributed by atoms with Crippen molar-refractivity contribution in [3.05, 3.63) is 58.3 Å². The molecule has 3 rings (SSSR count). The van der Waals surface area contributed by atoms with Crippen molar-refractivity contribution in [3.8, 4) is 0 Å². The largest absolute Gasteiger partial charge is 0.379 e. The highest BCUT2D eigenvalue weighted by Crippen LogP contribution is 2.26. The van der Waals surface area contributed by atoms with Crippen LogP contribution in [0.3, 0.4) is 0 Å². The predicted octanol–water partition coefficient (Wildman–Crippen LogP) is 2.57. The third-order valence-electron chi connectivity index (χ3n) is 4.96. The van der Waals surface area contributed by atoms with Gasteiger partial charge >= 0.3 is 0 Å². The summed E-state index contributed by atoms with van der Waals surface area (Å²) in [6.45, 7) is 5.73. The Morgan fingerprint density at radius 1 is 1.23 bits per heavy atom. The number of hydrogen-bond donors (Lipinski definition) is 2. The molecule has 1 aromatic carbocycles. The van der Waals surface area contributed by atoms with Gasteiger partial charge in [0.05, 0.1) is 25.2 Å². The van der Waals surface area contributed by atoms with Gasteiger partial charge in [0, 0.05) is 30.6 Å². The Bertz CT molecular complexity index is 672. The maximum atomic E-state index is 12.7. The van der Waals surface area contributed by atoms with Gasteiger partial charge in [-0.25, -0.2) is 0 Å². The number of nitrogens with zero attached hydrogens (tertiary/aromatic N) is 1. The fraction of sp³-hybridized carbons (Fsp3) is 0.450. The van der Waals surface area contributed by atoms with E-state index >= 15 is 0 Å². The Morgan fingerprint density at radius 2 is 1.96 bits per heavy atom. The Kier molecular flexibility index (Phi) is 6.80. The quantitative estimate of drug-likeness (QED) is 0.783. The SMILES string of the molecule is CC(C(=O)NCC(c1cccs1)N1CCOCC1)C(N)c1ccccc1. The van der Waals surface area contributed by atoms with Crippen LogP contribution in [0, 0.1) is 5.92 Å². The number of ether oxygens (including phenoxy) is 1. The van der Waals surface area contributed by atoms with Crippen LogP contribution in [-0.4, -0.2) is 43.7 Å². The number of carbonyl (C=O) groups excluding carboxylic acids is 1. The minimum absolute atomic E-state index is 0.00355. The van der Waals surface area contributed by atoms with Crippen molar-refractivity contribution < 1.29 is 9.53 Å². The fourth-order valence-corrected chi connectivity index (χ4v) is 4.13. The molecule has 1 aromatic heterocycles. The van der Waals surface area contributed by atoms with E-state index in [0.29, 0.717) is 6.54 Å². The van der Waals surface area contributed by atoms with Gasteiger partial charge < -0.3 is 15.8 Å². The normalized spacial score (nSPS) is 18.8. The standard InChI is InChI=1S/C20H27N3O2S/c1-15(19(21)16-6-3-2-4-7-16)20(24)22-14-17(18-8-5-13-26-18)23-9-11-25-12-10-23/h2-8,13,15,17,19H,9-12,14,21H2,1H3,(H,22,24). The van der Waals surface area contributed by atoms with Crippen molar-refractivity contribution in [2.45, 2.75) is 19.0 Å². The van der Waals surface area contributed by atoms with Crippen molar-refractivity contribution in [2.75, 3.05) is 32.8 Å². The molecule has 1 amide bonds. The van der Waals surface area contributed by atoms with Crippen LogP contribution in [0.15, 0.2) is 47.8 Å². The van der Waals surface area contributed by atoms with Gasteiger partial charge in [-0.2, -0.15) is 0 Å². The lowest BCUT2D eigenvalue weighted by molar-refractivity contribution is -0.125. The average molecular weight is 374 g/mol. The molecule has 1 aliphatic rings. The van der Waals surface area contributed by atoms with E-state index in [-0.39, 0.29) is 23.9 Å². The summed E-state index contributed by atoms with van der Waals surface area (Å²) in [5, 5.41) is 5.21. The van der Waals surface area contributed by atoms with Gasteiger partial charge in [-0.1, -0.05) is 43.3 Å². The molecule has 0 aliphatic carbocycles. The number of nitrogens with one attached hydrogen (secondary N) is 1. The number of thiophene rings is 1. The Morgan fingerprint density at radius 3 is 2.62 bits per heavy atom. The van der Waals surface area contributed by atoms with Crippen LogP contribution >= 0.6 is 11.3 Å². The first-order valence-electron chi connectivity index (χ1n) is 9.10. The minimum atomic E-state index is -0.306. The molecule has 1 fully saturated rings. The van der Waals surface area contributed by atoms with Crippen LogP contribution < -0.4 is 11.1 Å². The Balaban J connectivity index is 1.61. The van der Waals surface area contributed by atoms with Gasteiger partial charge in [0.25, 0.3) is 0 Å². The maximum Gasteiger partial charge on any atom is 0.224 e. The van der Waals surface area contributed by atoms with E-state index in [4.69, 9.17) is 10.5 Å². The predicted molar refractivity (Wildman–Crippen MR) is 105 cm³/mol. The molecule has 3 atom stereocenters. The van der Waals surface area contributed by atoms with E-state index in [0.717, 1.165) is 31.9 Å². The molecular formula is C20H27N3O2S. The maximum absolute atomic E-state index is 12.7. The van der Waals surface area contributed by atoms with E-state index in [1.165, 1.54) is 4.88 Å². The van der Waals surface area contributed by atoms with Crippen molar-refractivity contribution in [3.63, 3.8) is 0 Å². The Labute approximate surface area is 159 Å². The second-order valence-corrected chi connectivity index (χ2v) is 7.63. The molecule has 0 spiro atoms. The first-order chi connectivity index (χ1) is 12.7. The molecule has 1 aliphatic heterocycles. The zero-order valence-corrected chi connectivity index (χ0v) is 16.0. The molecule has 2 heterocycles. The molecule has 0 radical (unpaired) electrons. The molecule has 0 saturated carbocycles. The van der Waals surface area contributed by atoms with Crippen LogP contribution in [0.1, 0.15) is 29.4 Å². The van der Waals surface area contributed by atoms with Gasteiger partial charge in [0.1, 0.15) is 0 Å². The van der Waals surface area contributed by atoms with E-state index in [9.17, 15) is 4.79 Å². The lowest BCUT2D eigenvalue weighted by Crippen LogP contribution is -2.45. The van der Waals surface area contributed by atoms with Crippen molar-refractivity contribution in [2.24, 2.45) is 11.7 Å². The molecule has 2 aromatic rings. The van der Waals surface area contributed by atoms with Gasteiger partial charge in [0.2, 0.25) is 5.91 Å². The number of hydrogen-bond acceptors (Lipinski definition) is 5. The first-order valence-corrected chi connectivity index (χ1v) is 9.98. The summed E-state index contributed by atoms with van der Waals surface area (Å²) >= 11 is 1.73. The number of morpholine rings is 1. The summed E-state index contributed by atoms with van der Waals surface area (Å²) in [5.74, 6) is -0.290. The fourth-order valence-electron chi connectivity index (χ4n) is 3.26. The molecule has 3 N–H and O–H groups in total. The smallest absolute Gasteiger partial charge is 0.224 e. The lowest BCUT2D eigenvalue weighted by atomic mass is 9.94. The van der Waals surface area contributed by atoms with E-state index in [2.05, 4.69) is 27.7 Å². The molecule has 6 heteroatoms. The summed E-state index contributed by atoms with van der Waals surface area (Å²) in [4.78, 5) is 16.3. The Hall–Kier alpha value is -1.73. The lowest BCUT2D eigenvalue weighted by Gasteiger charge is -2.34. The van der Waals surface area contributed by atoms with Gasteiger partial charge in [-0.15, -0.1) is 11.3 Å². The first kappa shape index (κ1) is 19.0. The monoisotopic (exact) mass is 373 g/mol. The number of amides is 1. The molecule has 26 heavy (non-hydrogen) atoms. The average Bonchev–Trinajstić information content (AvgIpc) is 3.23. The number of nitrogens with two attached hydrogens (primary N) is 1. The van der Waals surface area contributed by atoms with Crippen LogP contribution in [-0.2, 0) is 9.53 Å². The van der Waals surface area contributed by atoms with Gasteiger partial charge in [-0.3, -0.25) is 9.69 Å². The third-order valence-corrected chi connectivity index (χ3v) is 5.94. The highest BCUT2D eigenvalue weighted by Gasteiger charge is 2.26. The molecular weight excluding hydrogens is 346 g/mol. The van der Waals surface area contributed by atoms with Gasteiger partial charge in [-0.05, 0) is 17.0 Å². The van der Waals surface area contributed by atoms with Crippen molar-refractivity contribution >= 4 is 17.2 Å². The van der Waals surface area contributed by atoms with E-state index < -0.39 is 0 Å². The third kappa shape index (κ3) is 4.71. The van der Waals surface area contributed by atoms with Crippen LogP contribution in [0.5, 0.6) is 0 Å². The minimum Gasteiger partial charge on any atom is -0.379 e. The highest BCUT2D eigenvalue weighted by molar-refractivity contribution is 7.10. The number of carbonyl (C=O) groups is 1. The second-order valence-electron chi connectivity index (χ2n) is 6.65. The van der Waals surface area contributed by atoms with Crippen molar-refractivity contribution in [1.82, 2.24) is 10.2 Å². The molecule has 5 nitrogen and oxygen atoms in total. The van der Waals surface area contributed by atoms with Crippen LogP contribution in [0.25, 0.3) is 0 Å². The van der Waals surface area contributed by atoms with Crippen LogP contribution in [0.2, 0.25) is 0 Å². The molecule has 1 saturated heterocycles. The molecule has 0 bridgehead atoms. The number of rotatable bonds is 7. The highest BCUT2D eigenvalue weighted by atomic mass is 32.1. The summed E-state index contributed by atoms with van der Waals surface area (Å²) < 4.78 is 5.47. The topological polar surface area (TPSA) is 67.6 Å². The summed E-state index contributed by atoms with van der Waals surface area (Å²) in [7, 11) is 0.